The lowest BCUT2D eigenvalue weighted by molar-refractivity contribution is 0.259. The van der Waals surface area contributed by atoms with Crippen LogP contribution >= 0.6 is 11.6 Å². The molecule has 2 rings (SSSR count). The fraction of sp³-hybridized carbons (Fsp3) is 0. The van der Waals surface area contributed by atoms with Crippen LogP contribution in [0.4, 0.5) is 19.3 Å². The molecule has 0 aliphatic carbocycles. The van der Waals surface area contributed by atoms with E-state index in [2.05, 4.69) is 10.3 Å². The van der Waals surface area contributed by atoms with Crippen molar-refractivity contribution in [1.29, 1.82) is 0 Å². The molecule has 2 amide bonds. The van der Waals surface area contributed by atoms with E-state index in [0.29, 0.717) is 10.7 Å². The molecule has 0 atom stereocenters. The summed E-state index contributed by atoms with van der Waals surface area (Å²) in [5.74, 6) is -1.57. The second kappa shape index (κ2) is 6.25. The van der Waals surface area contributed by atoms with E-state index < -0.39 is 17.7 Å². The summed E-state index contributed by atoms with van der Waals surface area (Å²) in [5.41, 5.74) is 0.115. The zero-order valence-corrected chi connectivity index (χ0v) is 10.9. The van der Waals surface area contributed by atoms with Gasteiger partial charge in [-0.2, -0.15) is 0 Å². The maximum atomic E-state index is 13.3. The zero-order valence-electron chi connectivity index (χ0n) is 10.1. The van der Waals surface area contributed by atoms with Gasteiger partial charge in [-0.1, -0.05) is 17.7 Å². The van der Waals surface area contributed by atoms with E-state index >= 15 is 0 Å². The predicted octanol–water partition coefficient (Wildman–Crippen LogP) is 4.27. The lowest BCUT2D eigenvalue weighted by atomic mass is 10.2. The average molecular weight is 295 g/mol. The Bertz CT molecular complexity index is 636. The molecule has 0 bridgehead atoms. The molecule has 0 unspecified atom stereocenters. The minimum Gasteiger partial charge on any atom is -0.306 e. The Morgan fingerprint density at radius 1 is 1.10 bits per heavy atom. The first-order valence-corrected chi connectivity index (χ1v) is 5.98. The first-order chi connectivity index (χ1) is 9.56. The van der Waals surface area contributed by atoms with Crippen LogP contribution in [0.5, 0.6) is 0 Å². The molecule has 0 saturated heterocycles. The van der Waals surface area contributed by atoms with Gasteiger partial charge >= 0.3 is 6.03 Å². The van der Waals surface area contributed by atoms with Gasteiger partial charge in [0.05, 0.1) is 5.56 Å². The van der Waals surface area contributed by atoms with E-state index in [9.17, 15) is 13.6 Å². The molecule has 3 nitrogen and oxygen atoms in total. The van der Waals surface area contributed by atoms with E-state index in [1.54, 1.807) is 24.3 Å². The van der Waals surface area contributed by atoms with Crippen molar-refractivity contribution < 1.29 is 13.6 Å². The topological polar surface area (TPSA) is 41.5 Å². The minimum atomic E-state index is -0.784. The molecule has 0 aliphatic rings. The summed E-state index contributed by atoms with van der Waals surface area (Å²) < 4.78 is 26.6. The molecule has 0 spiro atoms. The normalized spacial score (nSPS) is 10.8. The fourth-order valence-electron chi connectivity index (χ4n) is 1.45. The largest absolute Gasteiger partial charge is 0.345 e. The molecule has 0 radical (unpaired) electrons. The maximum Gasteiger partial charge on any atom is 0.345 e. The van der Waals surface area contributed by atoms with Crippen LogP contribution in [0.25, 0.3) is 0 Å². The highest BCUT2D eigenvalue weighted by molar-refractivity contribution is 6.30. The van der Waals surface area contributed by atoms with Gasteiger partial charge in [0.15, 0.2) is 0 Å². The number of rotatable bonds is 2. The van der Waals surface area contributed by atoms with Crippen LogP contribution in [0.2, 0.25) is 5.02 Å². The highest BCUT2D eigenvalue weighted by Crippen LogP contribution is 2.14. The van der Waals surface area contributed by atoms with Gasteiger partial charge in [-0.15, -0.1) is 0 Å². The Kier molecular flexibility index (Phi) is 4.42. The molecule has 20 heavy (non-hydrogen) atoms. The summed E-state index contributed by atoms with van der Waals surface area (Å²) in [6, 6.07) is 9.02. The van der Waals surface area contributed by atoms with Gasteiger partial charge in [-0.25, -0.2) is 18.6 Å². The Balaban J connectivity index is 2.08. The Morgan fingerprint density at radius 2 is 1.70 bits per heavy atom. The van der Waals surface area contributed by atoms with Crippen LogP contribution in [-0.4, -0.2) is 12.2 Å². The van der Waals surface area contributed by atoms with E-state index in [1.807, 2.05) is 0 Å². The summed E-state index contributed by atoms with van der Waals surface area (Å²) in [7, 11) is 0. The number of amides is 2. The highest BCUT2D eigenvalue weighted by atomic mass is 35.5. The fourth-order valence-corrected chi connectivity index (χ4v) is 1.57. The first kappa shape index (κ1) is 14.1. The second-order valence-electron chi connectivity index (χ2n) is 3.83. The van der Waals surface area contributed by atoms with Crippen molar-refractivity contribution in [2.45, 2.75) is 0 Å². The highest BCUT2D eigenvalue weighted by Gasteiger charge is 2.06. The van der Waals surface area contributed by atoms with Gasteiger partial charge in [0.1, 0.15) is 11.6 Å². The van der Waals surface area contributed by atoms with Gasteiger partial charge in [0.2, 0.25) is 0 Å². The molecule has 0 fully saturated rings. The second-order valence-corrected chi connectivity index (χ2v) is 4.27. The summed E-state index contributed by atoms with van der Waals surface area (Å²) in [4.78, 5) is 15.0. The Labute approximate surface area is 118 Å². The smallest absolute Gasteiger partial charge is 0.306 e. The number of aliphatic imine (C=N–C) groups is 1. The van der Waals surface area contributed by atoms with E-state index in [4.69, 9.17) is 11.6 Å². The molecular formula is C14H9ClF2N2O. The standard InChI is InChI=1S/C14H9ClF2N2O/c15-9-4-6-10(7-5-9)19-14(20)18-8-11-12(16)2-1-3-13(11)17/h1-8H,(H,19,20). The Morgan fingerprint density at radius 3 is 2.30 bits per heavy atom. The molecule has 1 N–H and O–H groups in total. The van der Waals surface area contributed by atoms with Crippen molar-refractivity contribution in [3.63, 3.8) is 0 Å². The van der Waals surface area contributed by atoms with Crippen LogP contribution in [0, 0.1) is 11.6 Å². The molecule has 2 aromatic rings. The summed E-state index contributed by atoms with van der Waals surface area (Å²) in [6.07, 6.45) is 0.843. The van der Waals surface area contributed by atoms with Crippen molar-refractivity contribution in [3.8, 4) is 0 Å². The molecule has 102 valence electrons. The number of hydrogen-bond acceptors (Lipinski definition) is 1. The average Bonchev–Trinajstić information content (AvgIpc) is 2.41. The van der Waals surface area contributed by atoms with Gasteiger partial charge in [0, 0.05) is 16.9 Å². The molecule has 0 saturated carbocycles. The van der Waals surface area contributed by atoms with Crippen LogP contribution in [0.15, 0.2) is 47.5 Å². The molecule has 0 aliphatic heterocycles. The molecule has 0 aromatic heterocycles. The minimum absolute atomic E-state index is 0.362. The number of nitrogens with one attached hydrogen (secondary N) is 1. The van der Waals surface area contributed by atoms with Crippen LogP contribution in [-0.2, 0) is 0 Å². The maximum absolute atomic E-state index is 13.3. The predicted molar refractivity (Wildman–Crippen MR) is 74.4 cm³/mol. The van der Waals surface area contributed by atoms with Gasteiger partial charge in [-0.05, 0) is 36.4 Å². The van der Waals surface area contributed by atoms with Crippen molar-refractivity contribution in [3.05, 3.63) is 64.7 Å². The molecule has 2 aromatic carbocycles. The summed E-state index contributed by atoms with van der Waals surface area (Å²) in [5, 5.41) is 2.97. The van der Waals surface area contributed by atoms with Crippen molar-refractivity contribution >= 4 is 29.5 Å². The number of urea groups is 1. The number of nitrogens with zero attached hydrogens (tertiary/aromatic N) is 1. The number of carbonyl (C=O) groups excluding carboxylic acids is 1. The number of anilines is 1. The van der Waals surface area contributed by atoms with Crippen molar-refractivity contribution in [2.24, 2.45) is 4.99 Å². The zero-order chi connectivity index (χ0) is 14.5. The van der Waals surface area contributed by atoms with Crippen LogP contribution < -0.4 is 5.32 Å². The molecule has 0 heterocycles. The number of benzene rings is 2. The summed E-state index contributed by atoms with van der Waals surface area (Å²) >= 11 is 5.70. The van der Waals surface area contributed by atoms with E-state index in [0.717, 1.165) is 18.3 Å². The van der Waals surface area contributed by atoms with E-state index in [1.165, 1.54) is 6.07 Å². The van der Waals surface area contributed by atoms with Gasteiger partial charge in [-0.3, -0.25) is 0 Å². The monoisotopic (exact) mass is 294 g/mol. The first-order valence-electron chi connectivity index (χ1n) is 5.61. The molecule has 6 heteroatoms. The van der Waals surface area contributed by atoms with Gasteiger partial charge < -0.3 is 5.32 Å². The number of halogens is 3. The quantitative estimate of drug-likeness (QED) is 0.826. The third kappa shape index (κ3) is 3.61. The SMILES string of the molecule is O=C(N=Cc1c(F)cccc1F)Nc1ccc(Cl)cc1. The van der Waals surface area contributed by atoms with Crippen LogP contribution in [0.1, 0.15) is 5.56 Å². The lowest BCUT2D eigenvalue weighted by Crippen LogP contribution is -2.07. The third-order valence-corrected chi connectivity index (χ3v) is 2.66. The van der Waals surface area contributed by atoms with Crippen molar-refractivity contribution in [2.75, 3.05) is 5.32 Å². The lowest BCUT2D eigenvalue weighted by Gasteiger charge is -2.01. The molecular weight excluding hydrogens is 286 g/mol. The number of hydrogen-bond donors (Lipinski definition) is 1. The van der Waals surface area contributed by atoms with E-state index in [-0.39, 0.29) is 5.56 Å². The van der Waals surface area contributed by atoms with Crippen LogP contribution in [0.3, 0.4) is 0 Å². The Hall–Kier alpha value is -2.27. The summed E-state index contributed by atoms with van der Waals surface area (Å²) in [6.45, 7) is 0. The number of carbonyl (C=O) groups is 1. The van der Waals surface area contributed by atoms with Crippen molar-refractivity contribution in [1.82, 2.24) is 0 Å². The van der Waals surface area contributed by atoms with Gasteiger partial charge in [0.25, 0.3) is 0 Å². The third-order valence-electron chi connectivity index (χ3n) is 2.41.